The molecule has 3 aromatic rings. The van der Waals surface area contributed by atoms with Gasteiger partial charge in [0.2, 0.25) is 0 Å². The van der Waals surface area contributed by atoms with Crippen molar-refractivity contribution in [2.75, 3.05) is 0 Å². The first-order valence-corrected chi connectivity index (χ1v) is 11.1. The zero-order chi connectivity index (χ0) is 21.2. The third kappa shape index (κ3) is 4.46. The summed E-state index contributed by atoms with van der Waals surface area (Å²) in [6, 6.07) is 21.5. The third-order valence-electron chi connectivity index (χ3n) is 5.17. The van der Waals surface area contributed by atoms with Gasteiger partial charge in [-0.25, -0.2) is 8.42 Å². The zero-order valence-electron chi connectivity index (χ0n) is 17.1. The van der Waals surface area contributed by atoms with Crippen molar-refractivity contribution in [3.8, 4) is 17.2 Å². The summed E-state index contributed by atoms with van der Waals surface area (Å²) >= 11 is 0. The number of benzene rings is 3. The van der Waals surface area contributed by atoms with Crippen molar-refractivity contribution >= 4 is 9.84 Å². The van der Waals surface area contributed by atoms with Gasteiger partial charge in [-0.1, -0.05) is 38.1 Å². The monoisotopic (exact) mass is 410 g/mol. The molecule has 0 radical (unpaired) electrons. The molecule has 0 aromatic heterocycles. The first-order chi connectivity index (χ1) is 13.6. The van der Waals surface area contributed by atoms with Crippen molar-refractivity contribution in [2.24, 2.45) is 0 Å². The van der Waals surface area contributed by atoms with Crippen LogP contribution in [0.1, 0.15) is 38.8 Å². The van der Waals surface area contributed by atoms with Crippen LogP contribution in [0.4, 0.5) is 0 Å². The minimum Gasteiger partial charge on any atom is -0.508 e. The fourth-order valence-corrected chi connectivity index (χ4v) is 4.15. The normalized spacial score (nSPS) is 12.2. The quantitative estimate of drug-likeness (QED) is 0.567. The number of phenolic OH excluding ortho intramolecular Hbond substituents is 1. The van der Waals surface area contributed by atoms with Gasteiger partial charge in [0.1, 0.15) is 17.2 Å². The van der Waals surface area contributed by atoms with E-state index < -0.39 is 15.1 Å². The van der Waals surface area contributed by atoms with Crippen molar-refractivity contribution in [3.63, 3.8) is 0 Å². The van der Waals surface area contributed by atoms with Crippen LogP contribution in [0.15, 0.2) is 77.7 Å². The molecule has 0 saturated heterocycles. The maximum atomic E-state index is 12.2. The maximum Gasteiger partial charge on any atom is 0.180 e. The van der Waals surface area contributed by atoms with E-state index in [1.54, 1.807) is 50.2 Å². The molecule has 0 saturated carbocycles. The lowest BCUT2D eigenvalue weighted by Gasteiger charge is -2.26. The van der Waals surface area contributed by atoms with Gasteiger partial charge in [-0.15, -0.1) is 0 Å². The van der Waals surface area contributed by atoms with E-state index in [0.29, 0.717) is 16.4 Å². The van der Waals surface area contributed by atoms with E-state index in [1.165, 1.54) is 0 Å². The number of sulfone groups is 1. The standard InChI is InChI=1S/C24H26O4S/c1-17(2)29(26,27)23-15-13-22(14-16-23)28-21-11-7-19(8-12-21)24(3,4)18-5-9-20(25)10-6-18/h5-17,25H,1-4H3. The first-order valence-electron chi connectivity index (χ1n) is 9.52. The molecular formula is C24H26O4S. The van der Waals surface area contributed by atoms with E-state index in [0.717, 1.165) is 11.1 Å². The molecule has 29 heavy (non-hydrogen) atoms. The zero-order valence-corrected chi connectivity index (χ0v) is 17.9. The van der Waals surface area contributed by atoms with Crippen LogP contribution >= 0.6 is 0 Å². The van der Waals surface area contributed by atoms with Gasteiger partial charge in [0.25, 0.3) is 0 Å². The smallest absolute Gasteiger partial charge is 0.180 e. The average molecular weight is 411 g/mol. The molecule has 4 nitrogen and oxygen atoms in total. The van der Waals surface area contributed by atoms with Gasteiger partial charge < -0.3 is 9.84 Å². The highest BCUT2D eigenvalue weighted by molar-refractivity contribution is 7.92. The summed E-state index contributed by atoms with van der Waals surface area (Å²) < 4.78 is 30.3. The Labute approximate surface area is 172 Å². The molecule has 0 aliphatic carbocycles. The van der Waals surface area contributed by atoms with Gasteiger partial charge in [-0.3, -0.25) is 0 Å². The molecule has 0 atom stereocenters. The van der Waals surface area contributed by atoms with Crippen LogP contribution < -0.4 is 4.74 Å². The molecule has 152 valence electrons. The number of aromatic hydroxyl groups is 1. The van der Waals surface area contributed by atoms with Gasteiger partial charge in [-0.05, 0) is 73.5 Å². The van der Waals surface area contributed by atoms with E-state index in [1.807, 2.05) is 36.4 Å². The highest BCUT2D eigenvalue weighted by atomic mass is 32.2. The molecule has 0 bridgehead atoms. The molecule has 0 spiro atoms. The summed E-state index contributed by atoms with van der Waals surface area (Å²) in [4.78, 5) is 0.297. The Kier molecular flexibility index (Phi) is 5.71. The molecule has 0 fully saturated rings. The summed E-state index contributed by atoms with van der Waals surface area (Å²) in [6.45, 7) is 7.59. The molecule has 0 aliphatic heterocycles. The molecule has 0 unspecified atom stereocenters. The van der Waals surface area contributed by atoms with Crippen LogP contribution in [0.25, 0.3) is 0 Å². The minimum absolute atomic E-state index is 0.223. The Morgan fingerprint density at radius 2 is 1.17 bits per heavy atom. The van der Waals surface area contributed by atoms with Crippen molar-refractivity contribution in [3.05, 3.63) is 83.9 Å². The van der Waals surface area contributed by atoms with Gasteiger partial charge in [0, 0.05) is 5.41 Å². The predicted octanol–water partition coefficient (Wildman–Crippen LogP) is 5.69. The molecule has 0 amide bonds. The Balaban J connectivity index is 1.76. The topological polar surface area (TPSA) is 63.6 Å². The van der Waals surface area contributed by atoms with Crippen LogP contribution in [0.2, 0.25) is 0 Å². The predicted molar refractivity (Wildman–Crippen MR) is 116 cm³/mol. The third-order valence-corrected chi connectivity index (χ3v) is 7.34. The number of rotatable bonds is 6. The lowest BCUT2D eigenvalue weighted by molar-refractivity contribution is 0.474. The lowest BCUT2D eigenvalue weighted by Crippen LogP contribution is -2.18. The molecule has 3 rings (SSSR count). The summed E-state index contributed by atoms with van der Waals surface area (Å²) in [7, 11) is -3.29. The minimum atomic E-state index is -3.29. The van der Waals surface area contributed by atoms with Crippen molar-refractivity contribution in [1.82, 2.24) is 0 Å². The van der Waals surface area contributed by atoms with Crippen LogP contribution in [-0.4, -0.2) is 18.8 Å². The molecule has 1 N–H and O–H groups in total. The average Bonchev–Trinajstić information content (AvgIpc) is 2.69. The second kappa shape index (κ2) is 7.91. The molecule has 3 aromatic carbocycles. The second-order valence-electron chi connectivity index (χ2n) is 7.86. The summed E-state index contributed by atoms with van der Waals surface area (Å²) in [5.41, 5.74) is 2.00. The van der Waals surface area contributed by atoms with E-state index in [4.69, 9.17) is 4.74 Å². The van der Waals surface area contributed by atoms with Gasteiger partial charge >= 0.3 is 0 Å². The number of ether oxygens (including phenoxy) is 1. The van der Waals surface area contributed by atoms with E-state index >= 15 is 0 Å². The highest BCUT2D eigenvalue weighted by Crippen LogP contribution is 2.34. The van der Waals surface area contributed by atoms with Crippen LogP contribution in [0.3, 0.4) is 0 Å². The van der Waals surface area contributed by atoms with E-state index in [9.17, 15) is 13.5 Å². The highest BCUT2D eigenvalue weighted by Gasteiger charge is 2.23. The number of hydrogen-bond acceptors (Lipinski definition) is 4. The first kappa shape index (κ1) is 20.9. The molecule has 0 aliphatic rings. The number of hydrogen-bond donors (Lipinski definition) is 1. The van der Waals surface area contributed by atoms with Crippen molar-refractivity contribution < 1.29 is 18.3 Å². The van der Waals surface area contributed by atoms with Crippen molar-refractivity contribution in [2.45, 2.75) is 43.3 Å². The fraction of sp³-hybridized carbons (Fsp3) is 0.250. The molecule has 0 heterocycles. The Hall–Kier alpha value is -2.79. The van der Waals surface area contributed by atoms with Gasteiger partial charge in [0.15, 0.2) is 9.84 Å². The summed E-state index contributed by atoms with van der Waals surface area (Å²) in [5.74, 6) is 1.51. The molecule has 5 heteroatoms. The maximum absolute atomic E-state index is 12.2. The molecular weight excluding hydrogens is 384 g/mol. The van der Waals surface area contributed by atoms with E-state index in [-0.39, 0.29) is 11.2 Å². The van der Waals surface area contributed by atoms with Crippen LogP contribution in [0, 0.1) is 0 Å². The van der Waals surface area contributed by atoms with Crippen LogP contribution in [0.5, 0.6) is 17.2 Å². The Bertz CT molecular complexity index is 1060. The summed E-state index contributed by atoms with van der Waals surface area (Å²) in [6.07, 6.45) is 0. The summed E-state index contributed by atoms with van der Waals surface area (Å²) in [5, 5.41) is 9.05. The largest absolute Gasteiger partial charge is 0.508 e. The Morgan fingerprint density at radius 3 is 1.62 bits per heavy atom. The van der Waals surface area contributed by atoms with Gasteiger partial charge in [0.05, 0.1) is 10.1 Å². The lowest BCUT2D eigenvalue weighted by atomic mass is 9.78. The van der Waals surface area contributed by atoms with Crippen molar-refractivity contribution in [1.29, 1.82) is 0 Å². The SMILES string of the molecule is CC(C)S(=O)(=O)c1ccc(Oc2ccc(C(C)(C)c3ccc(O)cc3)cc2)cc1. The second-order valence-corrected chi connectivity index (χ2v) is 10.4. The Morgan fingerprint density at radius 1 is 0.759 bits per heavy atom. The van der Waals surface area contributed by atoms with E-state index in [2.05, 4.69) is 13.8 Å². The van der Waals surface area contributed by atoms with Crippen LogP contribution in [-0.2, 0) is 15.3 Å². The number of phenols is 1. The van der Waals surface area contributed by atoms with Gasteiger partial charge in [-0.2, -0.15) is 0 Å². The fourth-order valence-electron chi connectivity index (χ4n) is 3.09.